The Labute approximate surface area is 293 Å². The first-order valence-corrected chi connectivity index (χ1v) is 17.1. The lowest BCUT2D eigenvalue weighted by molar-refractivity contribution is -0.138. The van der Waals surface area contributed by atoms with Crippen LogP contribution in [-0.4, -0.2) is 30.6 Å². The molecular weight excluding hydrogens is 711 g/mol. The summed E-state index contributed by atoms with van der Waals surface area (Å²) in [4.78, 5) is 23.4. The van der Waals surface area contributed by atoms with E-state index in [2.05, 4.69) is 21.0 Å². The van der Waals surface area contributed by atoms with E-state index in [0.29, 0.717) is 20.9 Å². The highest BCUT2D eigenvalue weighted by Gasteiger charge is 2.32. The molecule has 4 heterocycles. The number of aryl methyl sites for hydroxylation is 2. The molecule has 0 bridgehead atoms. The second-order valence-corrected chi connectivity index (χ2v) is 14.1. The molecule has 0 aliphatic carbocycles. The van der Waals surface area contributed by atoms with Gasteiger partial charge in [0.1, 0.15) is 16.6 Å². The summed E-state index contributed by atoms with van der Waals surface area (Å²) in [6.07, 6.45) is -8.78. The van der Waals surface area contributed by atoms with Crippen LogP contribution in [-0.2, 0) is 23.7 Å². The number of aromatic amines is 1. The van der Waals surface area contributed by atoms with E-state index in [1.807, 2.05) is 50.2 Å². The molecule has 0 aliphatic heterocycles. The number of rotatable bonds is 4. The number of nitrogens with one attached hydrogen (secondary N) is 1. The van der Waals surface area contributed by atoms with Crippen LogP contribution in [0.15, 0.2) is 78.9 Å². The summed E-state index contributed by atoms with van der Waals surface area (Å²) < 4.78 is 80.6. The van der Waals surface area contributed by atoms with E-state index < -0.39 is 29.4 Å². The van der Waals surface area contributed by atoms with Crippen molar-refractivity contribution in [1.29, 1.82) is 0 Å². The quantitative estimate of drug-likeness (QED) is 0.176. The van der Waals surface area contributed by atoms with Crippen molar-refractivity contribution < 1.29 is 36.2 Å². The zero-order valence-corrected chi connectivity index (χ0v) is 28.6. The van der Waals surface area contributed by atoms with Crippen molar-refractivity contribution in [3.05, 3.63) is 107 Å². The number of halogens is 6. The van der Waals surface area contributed by atoms with Crippen LogP contribution >= 0.6 is 22.7 Å². The predicted molar refractivity (Wildman–Crippen MR) is 189 cm³/mol. The normalized spacial score (nSPS) is 12.3. The van der Waals surface area contributed by atoms with E-state index >= 15 is 0 Å². The van der Waals surface area contributed by atoms with Crippen LogP contribution in [0.25, 0.3) is 63.4 Å². The second kappa shape index (κ2) is 12.5. The molecule has 6 nitrogen and oxygen atoms in total. The molecule has 0 radical (unpaired) electrons. The molecule has 4 aromatic heterocycles. The van der Waals surface area contributed by atoms with Gasteiger partial charge < -0.3 is 14.7 Å². The fourth-order valence-corrected chi connectivity index (χ4v) is 8.30. The molecule has 8 aromatic rings. The number of carboxylic acids is 1. The third-order valence-electron chi connectivity index (χ3n) is 8.52. The number of hydrogen-bond donors (Lipinski definition) is 2. The summed E-state index contributed by atoms with van der Waals surface area (Å²) in [7, 11) is 0. The van der Waals surface area contributed by atoms with Gasteiger partial charge in [-0.15, -0.1) is 22.7 Å². The van der Waals surface area contributed by atoms with Gasteiger partial charge in [-0.25, -0.2) is 9.97 Å². The van der Waals surface area contributed by atoms with Gasteiger partial charge in [0, 0.05) is 44.3 Å². The van der Waals surface area contributed by atoms with Crippen LogP contribution in [0.1, 0.15) is 28.1 Å². The van der Waals surface area contributed by atoms with Crippen LogP contribution in [0.2, 0.25) is 0 Å². The van der Waals surface area contributed by atoms with E-state index in [4.69, 9.17) is 0 Å². The number of H-pyrrole nitrogens is 1. The Kier molecular flexibility index (Phi) is 8.41. The Morgan fingerprint density at radius 3 is 1.88 bits per heavy atom. The van der Waals surface area contributed by atoms with Crippen molar-refractivity contribution in [3.63, 3.8) is 0 Å². The van der Waals surface area contributed by atoms with Crippen LogP contribution in [0.4, 0.5) is 26.3 Å². The van der Waals surface area contributed by atoms with Gasteiger partial charge in [-0.1, -0.05) is 29.8 Å². The largest absolute Gasteiger partial charge is 0.480 e. The Bertz CT molecular complexity index is 2630. The molecule has 260 valence electrons. The Morgan fingerprint density at radius 2 is 1.31 bits per heavy atom. The first kappa shape index (κ1) is 34.2. The van der Waals surface area contributed by atoms with Crippen molar-refractivity contribution in [2.45, 2.75) is 39.7 Å². The number of aromatic nitrogens is 4. The summed E-state index contributed by atoms with van der Waals surface area (Å²) in [6, 6.07) is 20.7. The summed E-state index contributed by atoms with van der Waals surface area (Å²) in [5.41, 5.74) is 5.53. The fraction of sp³-hybridized carbons (Fsp3) is 0.162. The maximum absolute atomic E-state index is 13.0. The lowest BCUT2D eigenvalue weighted by Crippen LogP contribution is -2.09. The van der Waals surface area contributed by atoms with Gasteiger partial charge >= 0.3 is 18.3 Å². The number of carbonyl (C=O) groups is 1. The van der Waals surface area contributed by atoms with Gasteiger partial charge in [-0.05, 0) is 75.4 Å². The Morgan fingerprint density at radius 1 is 0.745 bits per heavy atom. The van der Waals surface area contributed by atoms with Gasteiger partial charge in [-0.3, -0.25) is 4.79 Å². The molecule has 0 spiro atoms. The average Bonchev–Trinajstić information content (AvgIpc) is 3.81. The zero-order chi connectivity index (χ0) is 36.4. The first-order valence-electron chi connectivity index (χ1n) is 15.4. The number of benzene rings is 4. The fourth-order valence-electron chi connectivity index (χ4n) is 6.18. The van der Waals surface area contributed by atoms with Gasteiger partial charge in [0.15, 0.2) is 0 Å². The van der Waals surface area contributed by atoms with Crippen LogP contribution < -0.4 is 0 Å². The summed E-state index contributed by atoms with van der Waals surface area (Å²) >= 11 is 2.70. The Hall–Kier alpha value is -5.21. The summed E-state index contributed by atoms with van der Waals surface area (Å²) in [5, 5.41) is 12.4. The minimum atomic E-state index is -4.43. The predicted octanol–water partition coefficient (Wildman–Crippen LogP) is 11.4. The molecule has 0 amide bonds. The molecule has 51 heavy (non-hydrogen) atoms. The highest BCUT2D eigenvalue weighted by Crippen LogP contribution is 2.41. The molecule has 0 aliphatic rings. The number of nitrogens with zero attached hydrogens (tertiary/aromatic N) is 3. The number of aliphatic carboxylic acids is 1. The molecule has 2 N–H and O–H groups in total. The highest BCUT2D eigenvalue weighted by molar-refractivity contribution is 7.22. The lowest BCUT2D eigenvalue weighted by atomic mass is 10.1. The summed E-state index contributed by atoms with van der Waals surface area (Å²) in [6.45, 7) is 5.57. The van der Waals surface area contributed by atoms with Gasteiger partial charge in [0.2, 0.25) is 0 Å². The molecule has 8 rings (SSSR count). The topological polar surface area (TPSA) is 83.8 Å². The first-order chi connectivity index (χ1) is 24.1. The van der Waals surface area contributed by atoms with Crippen molar-refractivity contribution in [2.24, 2.45) is 0 Å². The molecule has 0 atom stereocenters. The van der Waals surface area contributed by atoms with Crippen LogP contribution in [0, 0.1) is 20.8 Å². The van der Waals surface area contributed by atoms with Crippen molar-refractivity contribution in [1.82, 2.24) is 19.5 Å². The van der Waals surface area contributed by atoms with Crippen LogP contribution in [0.5, 0.6) is 0 Å². The zero-order valence-electron chi connectivity index (χ0n) is 27.0. The molecule has 14 heteroatoms. The minimum absolute atomic E-state index is 0.199. The van der Waals surface area contributed by atoms with Gasteiger partial charge in [0.05, 0.1) is 31.6 Å². The molecule has 0 saturated carbocycles. The highest BCUT2D eigenvalue weighted by atomic mass is 32.1. The van der Waals surface area contributed by atoms with Crippen molar-refractivity contribution in [2.75, 3.05) is 0 Å². The molecule has 0 unspecified atom stereocenters. The smallest absolute Gasteiger partial charge is 0.416 e. The van der Waals surface area contributed by atoms with E-state index in [9.17, 15) is 36.2 Å². The molecule has 0 fully saturated rings. The average molecular weight is 737 g/mol. The third-order valence-corrected chi connectivity index (χ3v) is 10.6. The standard InChI is InChI=1S/C19H13F3N2O2S.C18H13F3N2S/c1-10-17(12-4-2-3-5-14(12)24(10)9-16(25)26)18-23-13-8-11(19(20,21)22)6-7-15(13)27-18;1-9-3-5-13-12(7-9)16(10(2)22-13)17-23-14-8-11(18(19,20)21)4-6-15(14)24-17/h2-8H,9H2,1H3,(H,25,26);3-8,22H,1-2H3. The van der Waals surface area contributed by atoms with E-state index in [1.54, 1.807) is 11.5 Å². The number of carboxylic acid groups (broad SMARTS) is 1. The number of alkyl halides is 6. The van der Waals surface area contributed by atoms with E-state index in [-0.39, 0.29) is 12.1 Å². The van der Waals surface area contributed by atoms with Gasteiger partial charge in [0.25, 0.3) is 0 Å². The maximum Gasteiger partial charge on any atom is 0.416 e. The van der Waals surface area contributed by atoms with Crippen molar-refractivity contribution in [3.8, 4) is 21.1 Å². The lowest BCUT2D eigenvalue weighted by Gasteiger charge is -2.04. The number of thiazole rings is 2. The van der Waals surface area contributed by atoms with Gasteiger partial charge in [-0.2, -0.15) is 26.3 Å². The molecular formula is C37H26F6N4O2S2. The second-order valence-electron chi connectivity index (χ2n) is 12.0. The van der Waals surface area contributed by atoms with Crippen molar-refractivity contribution >= 4 is 70.9 Å². The monoisotopic (exact) mass is 736 g/mol. The van der Waals surface area contributed by atoms with Crippen LogP contribution in [0.3, 0.4) is 0 Å². The third kappa shape index (κ3) is 6.45. The Balaban J connectivity index is 0.000000160. The number of hydrogen-bond acceptors (Lipinski definition) is 5. The SMILES string of the molecule is Cc1c(-c2nc3cc(C(F)(F)F)ccc3s2)c2ccccc2n1CC(=O)O.Cc1ccc2[nH]c(C)c(-c3nc4cc(C(F)(F)F)ccc4s3)c2c1. The molecule has 4 aromatic carbocycles. The summed E-state index contributed by atoms with van der Waals surface area (Å²) in [5.74, 6) is -0.968. The van der Waals surface area contributed by atoms with E-state index in [0.717, 1.165) is 78.2 Å². The number of fused-ring (bicyclic) bond motifs is 4. The minimum Gasteiger partial charge on any atom is -0.480 e. The van der Waals surface area contributed by atoms with E-state index in [1.165, 1.54) is 34.8 Å². The number of para-hydroxylation sites is 1. The maximum atomic E-state index is 13.0. The molecule has 0 saturated heterocycles.